The van der Waals surface area contributed by atoms with E-state index in [0.29, 0.717) is 0 Å². The summed E-state index contributed by atoms with van der Waals surface area (Å²) in [5.74, 6) is -4.89. The van der Waals surface area contributed by atoms with Crippen molar-refractivity contribution >= 4 is 29.8 Å². The van der Waals surface area contributed by atoms with E-state index in [0.717, 1.165) is 0 Å². The SMILES string of the molecule is O=C(O)CC[C@H]1OC(=O)[C@H](OC(=O)c2ccccc2)[C@@H](OC(=O)c2ccccc2)[C@@H]1OC(=O)c1ccccc1. The normalized spacial score (nSPS) is 20.3. The van der Waals surface area contributed by atoms with E-state index in [1.54, 1.807) is 54.6 Å². The maximum Gasteiger partial charge on any atom is 0.352 e. The van der Waals surface area contributed by atoms with Crippen LogP contribution in [0.3, 0.4) is 0 Å². The molecular weight excluding hydrogens is 508 g/mol. The van der Waals surface area contributed by atoms with E-state index < -0.39 is 60.7 Å². The second kappa shape index (κ2) is 12.5. The fourth-order valence-electron chi connectivity index (χ4n) is 3.97. The lowest BCUT2D eigenvalue weighted by Gasteiger charge is -2.39. The number of hydrogen-bond donors (Lipinski definition) is 1. The van der Waals surface area contributed by atoms with Crippen LogP contribution in [0, 0.1) is 0 Å². The van der Waals surface area contributed by atoms with Gasteiger partial charge in [-0.25, -0.2) is 19.2 Å². The summed E-state index contributed by atoms with van der Waals surface area (Å²) in [5, 5.41) is 9.21. The van der Waals surface area contributed by atoms with Crippen LogP contribution in [-0.4, -0.2) is 59.4 Å². The van der Waals surface area contributed by atoms with Crippen LogP contribution in [0.4, 0.5) is 0 Å². The summed E-state index contributed by atoms with van der Waals surface area (Å²) in [5.41, 5.74) is 0.390. The Morgan fingerprint density at radius 3 is 1.49 bits per heavy atom. The van der Waals surface area contributed by atoms with Gasteiger partial charge in [0, 0.05) is 6.42 Å². The van der Waals surface area contributed by atoms with Gasteiger partial charge in [0.25, 0.3) is 0 Å². The number of ether oxygens (including phenoxy) is 4. The third kappa shape index (κ3) is 6.86. The standard InChI is InChI=1S/C29H24O10/c30-22(31)17-16-21-23(37-26(32)18-10-4-1-5-11-18)24(38-27(33)19-12-6-2-7-13-19)25(29(35)36-21)39-28(34)20-14-8-3-9-15-20/h1-15,21,23-25H,16-17H2,(H,30,31)/t21-,23-,24+,25-/m1/s1. The van der Waals surface area contributed by atoms with Crippen molar-refractivity contribution in [1.82, 2.24) is 0 Å². The summed E-state index contributed by atoms with van der Waals surface area (Å²) in [6.45, 7) is 0. The highest BCUT2D eigenvalue weighted by Crippen LogP contribution is 2.29. The van der Waals surface area contributed by atoms with E-state index in [4.69, 9.17) is 18.9 Å². The predicted molar refractivity (Wildman–Crippen MR) is 134 cm³/mol. The van der Waals surface area contributed by atoms with Gasteiger partial charge >= 0.3 is 29.8 Å². The number of aliphatic carboxylic acids is 1. The fraction of sp³-hybridized carbons (Fsp3) is 0.207. The Morgan fingerprint density at radius 2 is 1.05 bits per heavy atom. The molecule has 1 N–H and O–H groups in total. The molecule has 10 heteroatoms. The van der Waals surface area contributed by atoms with Gasteiger partial charge in [0.15, 0.2) is 12.2 Å². The Morgan fingerprint density at radius 1 is 0.641 bits per heavy atom. The summed E-state index contributed by atoms with van der Waals surface area (Å²) in [6.07, 6.45) is -6.94. The van der Waals surface area contributed by atoms with Gasteiger partial charge in [-0.05, 0) is 42.8 Å². The second-order valence-electron chi connectivity index (χ2n) is 8.57. The first-order valence-corrected chi connectivity index (χ1v) is 12.0. The molecule has 10 nitrogen and oxygen atoms in total. The van der Waals surface area contributed by atoms with Crippen LogP contribution in [0.1, 0.15) is 43.9 Å². The molecule has 1 aliphatic heterocycles. The van der Waals surface area contributed by atoms with Gasteiger partial charge in [0.05, 0.1) is 16.7 Å². The fourth-order valence-corrected chi connectivity index (χ4v) is 3.97. The minimum absolute atomic E-state index is 0.115. The molecule has 200 valence electrons. The number of carboxylic acids is 1. The Balaban J connectivity index is 1.70. The monoisotopic (exact) mass is 532 g/mol. The zero-order valence-corrected chi connectivity index (χ0v) is 20.5. The van der Waals surface area contributed by atoms with Gasteiger partial charge in [0.1, 0.15) is 6.10 Å². The van der Waals surface area contributed by atoms with E-state index >= 15 is 0 Å². The van der Waals surface area contributed by atoms with Crippen molar-refractivity contribution < 1.29 is 48.0 Å². The number of carbonyl (C=O) groups excluding carboxylic acids is 4. The number of hydrogen-bond acceptors (Lipinski definition) is 9. The van der Waals surface area contributed by atoms with Crippen molar-refractivity contribution in [3.63, 3.8) is 0 Å². The van der Waals surface area contributed by atoms with Crippen LogP contribution in [-0.2, 0) is 28.5 Å². The molecule has 0 aliphatic carbocycles. The van der Waals surface area contributed by atoms with Crippen LogP contribution in [0.5, 0.6) is 0 Å². The molecule has 0 unspecified atom stereocenters. The Labute approximate surface area is 223 Å². The van der Waals surface area contributed by atoms with Crippen LogP contribution < -0.4 is 0 Å². The molecule has 0 aromatic heterocycles. The predicted octanol–water partition coefficient (Wildman–Crippen LogP) is 3.45. The first-order valence-electron chi connectivity index (χ1n) is 12.0. The van der Waals surface area contributed by atoms with Crippen molar-refractivity contribution in [3.05, 3.63) is 108 Å². The molecular formula is C29H24O10. The number of rotatable bonds is 9. The molecule has 1 saturated heterocycles. The molecule has 3 aromatic carbocycles. The molecule has 4 atom stereocenters. The Bertz CT molecular complexity index is 1320. The van der Waals surface area contributed by atoms with E-state index in [9.17, 15) is 29.1 Å². The number of esters is 4. The summed E-state index contributed by atoms with van der Waals surface area (Å²) in [6, 6.07) is 23.5. The molecule has 1 aliphatic rings. The molecule has 1 heterocycles. The maximum absolute atomic E-state index is 13.1. The van der Waals surface area contributed by atoms with Crippen LogP contribution in [0.2, 0.25) is 0 Å². The van der Waals surface area contributed by atoms with Gasteiger partial charge in [-0.1, -0.05) is 54.6 Å². The molecule has 1 fully saturated rings. The average molecular weight is 533 g/mol. The van der Waals surface area contributed by atoms with Crippen molar-refractivity contribution in [1.29, 1.82) is 0 Å². The molecule has 0 radical (unpaired) electrons. The van der Waals surface area contributed by atoms with Gasteiger partial charge < -0.3 is 24.1 Å². The van der Waals surface area contributed by atoms with Gasteiger partial charge in [-0.3, -0.25) is 4.79 Å². The zero-order chi connectivity index (χ0) is 27.8. The van der Waals surface area contributed by atoms with Crippen molar-refractivity contribution in [2.24, 2.45) is 0 Å². The zero-order valence-electron chi connectivity index (χ0n) is 20.5. The van der Waals surface area contributed by atoms with Gasteiger partial charge in [0.2, 0.25) is 6.10 Å². The smallest absolute Gasteiger partial charge is 0.352 e. The summed E-state index contributed by atoms with van der Waals surface area (Å²) in [7, 11) is 0. The van der Waals surface area contributed by atoms with Crippen LogP contribution in [0.15, 0.2) is 91.0 Å². The van der Waals surface area contributed by atoms with Crippen molar-refractivity contribution in [2.45, 2.75) is 37.3 Å². The lowest BCUT2D eigenvalue weighted by atomic mass is 9.95. The minimum atomic E-state index is -1.81. The number of cyclic esters (lactones) is 1. The Kier molecular flexibility index (Phi) is 8.67. The third-order valence-corrected chi connectivity index (χ3v) is 5.88. The second-order valence-corrected chi connectivity index (χ2v) is 8.57. The first-order chi connectivity index (χ1) is 18.8. The maximum atomic E-state index is 13.1. The highest BCUT2D eigenvalue weighted by atomic mass is 16.7. The van der Waals surface area contributed by atoms with E-state index in [1.807, 2.05) is 0 Å². The quantitative estimate of drug-likeness (QED) is 0.322. The first kappa shape index (κ1) is 27.1. The van der Waals surface area contributed by atoms with E-state index in [2.05, 4.69) is 0 Å². The van der Waals surface area contributed by atoms with E-state index in [1.165, 1.54) is 36.4 Å². The molecule has 4 rings (SSSR count). The number of benzene rings is 3. The molecule has 39 heavy (non-hydrogen) atoms. The summed E-state index contributed by atoms with van der Waals surface area (Å²) in [4.78, 5) is 63.2. The van der Waals surface area contributed by atoms with Crippen LogP contribution >= 0.6 is 0 Å². The average Bonchev–Trinajstić information content (AvgIpc) is 2.96. The number of carboxylic acid groups (broad SMARTS) is 1. The largest absolute Gasteiger partial charge is 0.481 e. The van der Waals surface area contributed by atoms with Gasteiger partial charge in [-0.2, -0.15) is 0 Å². The lowest BCUT2D eigenvalue weighted by Crippen LogP contribution is -2.60. The van der Waals surface area contributed by atoms with Crippen LogP contribution in [0.25, 0.3) is 0 Å². The topological polar surface area (TPSA) is 143 Å². The number of carbonyl (C=O) groups is 5. The van der Waals surface area contributed by atoms with Crippen molar-refractivity contribution in [3.8, 4) is 0 Å². The molecule has 0 amide bonds. The molecule has 0 bridgehead atoms. The third-order valence-electron chi connectivity index (χ3n) is 5.88. The van der Waals surface area contributed by atoms with Gasteiger partial charge in [-0.15, -0.1) is 0 Å². The minimum Gasteiger partial charge on any atom is -0.481 e. The summed E-state index contributed by atoms with van der Waals surface area (Å²) < 4.78 is 22.1. The molecule has 0 saturated carbocycles. The highest BCUT2D eigenvalue weighted by Gasteiger charge is 2.53. The highest BCUT2D eigenvalue weighted by molar-refractivity contribution is 5.93. The summed E-state index contributed by atoms with van der Waals surface area (Å²) >= 11 is 0. The lowest BCUT2D eigenvalue weighted by molar-refractivity contribution is -0.204. The molecule has 3 aromatic rings. The Hall–Kier alpha value is -4.99. The van der Waals surface area contributed by atoms with E-state index in [-0.39, 0.29) is 23.1 Å². The van der Waals surface area contributed by atoms with Crippen molar-refractivity contribution in [2.75, 3.05) is 0 Å². The molecule has 0 spiro atoms.